The van der Waals surface area contributed by atoms with Gasteiger partial charge in [0.15, 0.2) is 0 Å². The van der Waals surface area contributed by atoms with Gasteiger partial charge in [0.2, 0.25) is 11.7 Å². The molecule has 1 aliphatic carbocycles. The maximum Gasteiger partial charge on any atom is 0.317 e. The number of hydrogen-bond acceptors (Lipinski definition) is 9. The molecule has 5 rings (SSSR count). The SMILES string of the molecule is Cc1cc(OCC2(C(=O)OCc3ccccc3)CC2)ncc1-c1ccc(-c2nc(OC(C)C)n(COCC[Si](C)C)n2)nc1. The number of nitrogens with zero attached hydrogens (tertiary/aromatic N) is 5. The van der Waals surface area contributed by atoms with E-state index in [0.717, 1.165) is 41.1 Å². The van der Waals surface area contributed by atoms with Crippen LogP contribution in [0.1, 0.15) is 37.8 Å². The Morgan fingerprint density at radius 2 is 1.86 bits per heavy atom. The molecule has 44 heavy (non-hydrogen) atoms. The predicted molar refractivity (Wildman–Crippen MR) is 169 cm³/mol. The predicted octanol–water partition coefficient (Wildman–Crippen LogP) is 6.13. The number of hydrogen-bond donors (Lipinski definition) is 0. The number of aryl methyl sites for hydroxylation is 1. The fourth-order valence-corrected chi connectivity index (χ4v) is 5.04. The van der Waals surface area contributed by atoms with E-state index in [0.29, 0.717) is 30.0 Å². The molecule has 0 aliphatic heterocycles. The summed E-state index contributed by atoms with van der Waals surface area (Å²) in [5, 5.41) is 4.61. The van der Waals surface area contributed by atoms with Gasteiger partial charge in [0.05, 0.1) is 6.10 Å². The molecule has 0 bridgehead atoms. The third-order valence-electron chi connectivity index (χ3n) is 7.32. The minimum Gasteiger partial charge on any atom is -0.476 e. The monoisotopic (exact) mass is 614 g/mol. The first-order valence-electron chi connectivity index (χ1n) is 15.0. The molecule has 10 nitrogen and oxygen atoms in total. The van der Waals surface area contributed by atoms with Crippen LogP contribution in [-0.4, -0.2) is 58.8 Å². The lowest BCUT2D eigenvalue weighted by atomic mass is 10.0. The third-order valence-corrected chi connectivity index (χ3v) is 8.53. The Morgan fingerprint density at radius 1 is 1.07 bits per heavy atom. The third kappa shape index (κ3) is 8.09. The normalized spacial score (nSPS) is 13.7. The Kier molecular flexibility index (Phi) is 10.1. The van der Waals surface area contributed by atoms with Gasteiger partial charge in [0.25, 0.3) is 0 Å². The maximum atomic E-state index is 12.8. The largest absolute Gasteiger partial charge is 0.476 e. The average molecular weight is 615 g/mol. The summed E-state index contributed by atoms with van der Waals surface area (Å²) in [6, 6.07) is 16.9. The van der Waals surface area contributed by atoms with Crippen LogP contribution >= 0.6 is 0 Å². The summed E-state index contributed by atoms with van der Waals surface area (Å²) in [6.07, 6.45) is 5.01. The summed E-state index contributed by atoms with van der Waals surface area (Å²) < 4.78 is 24.9. The highest BCUT2D eigenvalue weighted by Crippen LogP contribution is 2.47. The second-order valence-electron chi connectivity index (χ2n) is 11.8. The smallest absolute Gasteiger partial charge is 0.317 e. The molecule has 11 heteroatoms. The Labute approximate surface area is 260 Å². The minimum absolute atomic E-state index is 0.0482. The van der Waals surface area contributed by atoms with E-state index >= 15 is 0 Å². The van der Waals surface area contributed by atoms with Crippen molar-refractivity contribution in [1.29, 1.82) is 0 Å². The van der Waals surface area contributed by atoms with Gasteiger partial charge in [0, 0.05) is 45.0 Å². The highest BCUT2D eigenvalue weighted by molar-refractivity contribution is 6.55. The molecule has 3 aromatic heterocycles. The standard InChI is InChI=1S/C33H40N5O5Si/c1-23(2)43-32-36-30(37-38(32)22-40-15-16-44(4)5)28-12-11-26(18-34-28)27-19-35-29(17-24(27)3)42-21-33(13-14-33)31(39)41-20-25-9-7-6-8-10-25/h6-12,17-19,23H,13-16,20-22H2,1-5H3. The fraction of sp³-hybridized carbons (Fsp3) is 0.424. The lowest BCUT2D eigenvalue weighted by Gasteiger charge is -2.16. The van der Waals surface area contributed by atoms with E-state index in [-0.39, 0.29) is 40.8 Å². The van der Waals surface area contributed by atoms with Crippen molar-refractivity contribution in [2.24, 2.45) is 5.41 Å². The number of carbonyl (C=O) groups is 1. The van der Waals surface area contributed by atoms with Crippen molar-refractivity contribution < 1.29 is 23.7 Å². The number of pyridine rings is 2. The zero-order valence-electron chi connectivity index (χ0n) is 26.1. The molecule has 1 aliphatic rings. The van der Waals surface area contributed by atoms with Crippen LogP contribution in [0.15, 0.2) is 60.9 Å². The van der Waals surface area contributed by atoms with E-state index in [9.17, 15) is 4.79 Å². The molecule has 1 radical (unpaired) electrons. The molecule has 0 atom stereocenters. The molecule has 231 valence electrons. The summed E-state index contributed by atoms with van der Waals surface area (Å²) in [5.74, 6) is 0.729. The second-order valence-corrected chi connectivity index (χ2v) is 14.7. The number of benzene rings is 1. The van der Waals surface area contributed by atoms with E-state index in [1.54, 1.807) is 17.1 Å². The molecule has 1 saturated carbocycles. The molecular weight excluding hydrogens is 574 g/mol. The number of ether oxygens (including phenoxy) is 4. The number of esters is 1. The van der Waals surface area contributed by atoms with Gasteiger partial charge in [-0.05, 0) is 56.9 Å². The van der Waals surface area contributed by atoms with Gasteiger partial charge >= 0.3 is 12.0 Å². The average Bonchev–Trinajstić information content (AvgIpc) is 3.71. The fourth-order valence-electron chi connectivity index (χ4n) is 4.49. The zero-order valence-corrected chi connectivity index (χ0v) is 27.1. The van der Waals surface area contributed by atoms with Crippen molar-refractivity contribution in [2.75, 3.05) is 13.2 Å². The van der Waals surface area contributed by atoms with Crippen LogP contribution in [0, 0.1) is 12.3 Å². The summed E-state index contributed by atoms with van der Waals surface area (Å²) in [5.41, 5.74) is 3.83. The van der Waals surface area contributed by atoms with Crippen molar-refractivity contribution >= 4 is 14.8 Å². The van der Waals surface area contributed by atoms with E-state index < -0.39 is 5.41 Å². The summed E-state index contributed by atoms with van der Waals surface area (Å²) in [6.45, 7) is 11.9. The number of rotatable bonds is 15. The summed E-state index contributed by atoms with van der Waals surface area (Å²) >= 11 is 0. The molecule has 0 unspecified atom stereocenters. The molecule has 0 amide bonds. The molecule has 1 fully saturated rings. The number of carbonyl (C=O) groups excluding carboxylic acids is 1. The Hall–Kier alpha value is -4.09. The van der Waals surface area contributed by atoms with Crippen LogP contribution in [-0.2, 0) is 27.6 Å². The van der Waals surface area contributed by atoms with Crippen LogP contribution in [0.2, 0.25) is 19.1 Å². The molecule has 0 N–H and O–H groups in total. The first-order chi connectivity index (χ1) is 21.2. The van der Waals surface area contributed by atoms with Crippen LogP contribution in [0.3, 0.4) is 0 Å². The van der Waals surface area contributed by atoms with Gasteiger partial charge in [-0.15, -0.1) is 5.10 Å². The highest BCUT2D eigenvalue weighted by atomic mass is 28.3. The van der Waals surface area contributed by atoms with Crippen LogP contribution in [0.4, 0.5) is 0 Å². The zero-order chi connectivity index (χ0) is 31.1. The van der Waals surface area contributed by atoms with Gasteiger partial charge in [-0.25, -0.2) is 4.98 Å². The summed E-state index contributed by atoms with van der Waals surface area (Å²) in [4.78, 5) is 26.5. The Morgan fingerprint density at radius 3 is 2.52 bits per heavy atom. The van der Waals surface area contributed by atoms with E-state index in [4.69, 9.17) is 18.9 Å². The highest BCUT2D eigenvalue weighted by Gasteiger charge is 2.52. The van der Waals surface area contributed by atoms with Gasteiger partial charge < -0.3 is 18.9 Å². The topological polar surface area (TPSA) is 110 Å². The van der Waals surface area contributed by atoms with Crippen molar-refractivity contribution in [3.63, 3.8) is 0 Å². The van der Waals surface area contributed by atoms with Gasteiger partial charge in [-0.1, -0.05) is 49.5 Å². The van der Waals surface area contributed by atoms with Gasteiger partial charge in [0.1, 0.15) is 31.1 Å². The van der Waals surface area contributed by atoms with Crippen molar-refractivity contribution in [3.8, 4) is 34.5 Å². The minimum atomic E-state index is -0.592. The quantitative estimate of drug-likeness (QED) is 0.0887. The van der Waals surface area contributed by atoms with E-state index in [1.165, 1.54) is 0 Å². The van der Waals surface area contributed by atoms with E-state index in [1.807, 2.05) is 69.3 Å². The van der Waals surface area contributed by atoms with E-state index in [2.05, 4.69) is 33.1 Å². The lowest BCUT2D eigenvalue weighted by molar-refractivity contribution is -0.152. The maximum absolute atomic E-state index is 12.8. The number of aromatic nitrogens is 5. The lowest BCUT2D eigenvalue weighted by Crippen LogP contribution is -2.26. The van der Waals surface area contributed by atoms with Gasteiger partial charge in [-0.3, -0.25) is 9.78 Å². The van der Waals surface area contributed by atoms with Crippen molar-refractivity contribution in [2.45, 2.75) is 72.2 Å². The summed E-state index contributed by atoms with van der Waals surface area (Å²) in [7, 11) is -0.346. The first kappa shape index (κ1) is 31.3. The molecule has 4 aromatic rings. The van der Waals surface area contributed by atoms with Crippen LogP contribution in [0.5, 0.6) is 11.9 Å². The second kappa shape index (κ2) is 14.1. The first-order valence-corrected chi connectivity index (χ1v) is 17.7. The molecular formula is C33H40N5O5Si. The Bertz CT molecular complexity index is 1540. The van der Waals surface area contributed by atoms with Crippen molar-refractivity contribution in [3.05, 3.63) is 72.1 Å². The van der Waals surface area contributed by atoms with Crippen LogP contribution < -0.4 is 9.47 Å². The van der Waals surface area contributed by atoms with Crippen LogP contribution in [0.25, 0.3) is 22.6 Å². The molecule has 0 saturated heterocycles. The molecule has 0 spiro atoms. The van der Waals surface area contributed by atoms with Gasteiger partial charge in [-0.2, -0.15) is 9.67 Å². The Balaban J connectivity index is 1.20. The molecule has 3 heterocycles. The van der Waals surface area contributed by atoms with Crippen molar-refractivity contribution in [1.82, 2.24) is 24.7 Å². The molecule has 1 aromatic carbocycles.